The summed E-state index contributed by atoms with van der Waals surface area (Å²) in [7, 11) is -4.06. The van der Waals surface area contributed by atoms with Gasteiger partial charge in [-0.15, -0.1) is 0 Å². The molecule has 0 spiro atoms. The Morgan fingerprint density at radius 3 is 2.68 bits per heavy atom. The molecule has 0 bridgehead atoms. The van der Waals surface area contributed by atoms with E-state index in [4.69, 9.17) is 14.3 Å². The first-order chi connectivity index (χ1) is 11.8. The van der Waals surface area contributed by atoms with Crippen LogP contribution in [-0.2, 0) is 14.8 Å². The second-order valence-corrected chi connectivity index (χ2v) is 6.67. The van der Waals surface area contributed by atoms with Crippen molar-refractivity contribution in [2.24, 2.45) is 5.14 Å². The van der Waals surface area contributed by atoms with Crippen molar-refractivity contribution in [3.8, 4) is 0 Å². The normalized spacial score (nSPS) is 12.9. The van der Waals surface area contributed by atoms with Crippen LogP contribution in [-0.4, -0.2) is 24.4 Å². The summed E-state index contributed by atoms with van der Waals surface area (Å²) in [5.74, 6) is -1.10. The number of nitrogens with two attached hydrogens (primary N) is 1. The third kappa shape index (κ3) is 3.44. The maximum atomic E-state index is 12.0. The van der Waals surface area contributed by atoms with Crippen LogP contribution in [0.4, 0.5) is 0 Å². The molecule has 0 saturated carbocycles. The number of primary sulfonamides is 1. The second kappa shape index (κ2) is 6.15. The van der Waals surface area contributed by atoms with Crippen molar-refractivity contribution in [3.63, 3.8) is 0 Å². The highest BCUT2D eigenvalue weighted by Crippen LogP contribution is 2.18. The maximum absolute atomic E-state index is 12.0. The quantitative estimate of drug-likeness (QED) is 0.660. The predicted octanol–water partition coefficient (Wildman–Crippen LogP) is 1.08. The highest BCUT2D eigenvalue weighted by Gasteiger charge is 2.22. The van der Waals surface area contributed by atoms with Gasteiger partial charge in [-0.2, -0.15) is 0 Å². The van der Waals surface area contributed by atoms with Crippen molar-refractivity contribution < 1.29 is 22.4 Å². The molecule has 0 amide bonds. The molecular formula is C15H13N3O6S. The summed E-state index contributed by atoms with van der Waals surface area (Å²) in [6.07, 6.45) is -0.896. The highest BCUT2D eigenvalue weighted by molar-refractivity contribution is 7.89. The fourth-order valence-electron chi connectivity index (χ4n) is 2.15. The molecule has 1 aromatic carbocycles. The lowest BCUT2D eigenvalue weighted by Gasteiger charge is -2.12. The number of furan rings is 1. The minimum Gasteiger partial charge on any atom is -0.449 e. The number of sulfonamides is 1. The number of para-hydroxylation sites is 1. The van der Waals surface area contributed by atoms with Gasteiger partial charge in [0.05, 0.1) is 10.9 Å². The smallest absolute Gasteiger partial charge is 0.374 e. The molecule has 2 heterocycles. The molecule has 10 heteroatoms. The Bertz CT molecular complexity index is 1120. The molecule has 0 fully saturated rings. The SMILES string of the molecule is CC(OC(=O)c1ccc(S(N)(=O)=O)o1)c1nc2ccccc2c(=O)[nH]1. The Hall–Kier alpha value is -2.98. The van der Waals surface area contributed by atoms with Gasteiger partial charge in [-0.25, -0.2) is 23.3 Å². The third-order valence-corrected chi connectivity index (χ3v) is 4.14. The first-order valence-corrected chi connectivity index (χ1v) is 8.63. The largest absolute Gasteiger partial charge is 0.449 e. The van der Waals surface area contributed by atoms with Crippen LogP contribution >= 0.6 is 0 Å². The van der Waals surface area contributed by atoms with Crippen molar-refractivity contribution in [1.82, 2.24) is 9.97 Å². The first-order valence-electron chi connectivity index (χ1n) is 7.08. The molecule has 25 heavy (non-hydrogen) atoms. The summed E-state index contributed by atoms with van der Waals surface area (Å²) < 4.78 is 32.3. The highest BCUT2D eigenvalue weighted by atomic mass is 32.2. The molecular weight excluding hydrogens is 350 g/mol. The van der Waals surface area contributed by atoms with Crippen molar-refractivity contribution in [3.05, 3.63) is 58.3 Å². The van der Waals surface area contributed by atoms with Crippen molar-refractivity contribution >= 4 is 26.9 Å². The molecule has 0 aliphatic carbocycles. The summed E-state index contributed by atoms with van der Waals surface area (Å²) in [6.45, 7) is 1.51. The third-order valence-electron chi connectivity index (χ3n) is 3.36. The van der Waals surface area contributed by atoms with Crippen LogP contribution in [0.5, 0.6) is 0 Å². The number of ether oxygens (including phenoxy) is 1. The molecule has 1 atom stereocenters. The number of carbonyl (C=O) groups is 1. The fraction of sp³-hybridized carbons (Fsp3) is 0.133. The molecule has 0 aliphatic heterocycles. The van der Waals surface area contributed by atoms with E-state index in [1.807, 2.05) is 0 Å². The van der Waals surface area contributed by atoms with E-state index in [1.165, 1.54) is 6.92 Å². The Morgan fingerprint density at radius 1 is 1.28 bits per heavy atom. The molecule has 2 aromatic heterocycles. The van der Waals surface area contributed by atoms with E-state index in [1.54, 1.807) is 24.3 Å². The monoisotopic (exact) mass is 363 g/mol. The number of H-pyrrole nitrogens is 1. The zero-order chi connectivity index (χ0) is 18.2. The van der Waals surface area contributed by atoms with Gasteiger partial charge in [-0.1, -0.05) is 12.1 Å². The van der Waals surface area contributed by atoms with Gasteiger partial charge < -0.3 is 14.1 Å². The van der Waals surface area contributed by atoms with Gasteiger partial charge in [0.15, 0.2) is 11.9 Å². The van der Waals surface area contributed by atoms with Crippen molar-refractivity contribution in [2.45, 2.75) is 18.1 Å². The van der Waals surface area contributed by atoms with E-state index in [0.717, 1.165) is 12.1 Å². The van der Waals surface area contributed by atoms with Gasteiger partial charge >= 0.3 is 5.97 Å². The number of fused-ring (bicyclic) bond motifs is 1. The van der Waals surface area contributed by atoms with E-state index >= 15 is 0 Å². The van der Waals surface area contributed by atoms with Crippen LogP contribution in [0.15, 0.2) is 50.7 Å². The molecule has 0 radical (unpaired) electrons. The number of nitrogens with zero attached hydrogens (tertiary/aromatic N) is 1. The first kappa shape index (κ1) is 16.9. The lowest BCUT2D eigenvalue weighted by molar-refractivity contribution is 0.0278. The summed E-state index contributed by atoms with van der Waals surface area (Å²) >= 11 is 0. The van der Waals surface area contributed by atoms with E-state index in [2.05, 4.69) is 9.97 Å². The van der Waals surface area contributed by atoms with Crippen molar-refractivity contribution in [1.29, 1.82) is 0 Å². The van der Waals surface area contributed by atoms with Gasteiger partial charge in [0.25, 0.3) is 15.6 Å². The fourth-order valence-corrected chi connectivity index (χ4v) is 2.62. The number of benzene rings is 1. The maximum Gasteiger partial charge on any atom is 0.374 e. The zero-order valence-electron chi connectivity index (χ0n) is 12.9. The van der Waals surface area contributed by atoms with Crippen molar-refractivity contribution in [2.75, 3.05) is 0 Å². The number of hydrogen-bond acceptors (Lipinski definition) is 7. The van der Waals surface area contributed by atoms with Gasteiger partial charge in [-0.3, -0.25) is 4.79 Å². The average molecular weight is 363 g/mol. The van der Waals surface area contributed by atoms with Crippen LogP contribution in [0, 0.1) is 0 Å². The topological polar surface area (TPSA) is 145 Å². The standard InChI is InChI=1S/C15H13N3O6S/c1-8(13-17-10-5-3-2-4-9(10)14(19)18-13)23-15(20)11-6-7-12(24-11)25(16,21)22/h2-8H,1H3,(H2,16,21,22)(H,17,18,19). The Morgan fingerprint density at radius 2 is 2.00 bits per heavy atom. The lowest BCUT2D eigenvalue weighted by Crippen LogP contribution is -2.17. The molecule has 3 N–H and O–H groups in total. The molecule has 3 aromatic rings. The van der Waals surface area contributed by atoms with Gasteiger partial charge in [-0.05, 0) is 31.2 Å². The Labute approximate surface area is 141 Å². The summed E-state index contributed by atoms with van der Waals surface area (Å²) in [5, 5.41) is 4.77. The molecule has 1 unspecified atom stereocenters. The molecule has 0 saturated heterocycles. The molecule has 130 valence electrons. The van der Waals surface area contributed by atoms with Crippen LogP contribution in [0.1, 0.15) is 29.4 Å². The molecule has 9 nitrogen and oxygen atoms in total. The van der Waals surface area contributed by atoms with E-state index in [0.29, 0.717) is 10.9 Å². The van der Waals surface area contributed by atoms with Crippen LogP contribution < -0.4 is 10.7 Å². The Balaban J connectivity index is 1.84. The molecule has 0 aliphatic rings. The van der Waals surface area contributed by atoms with Gasteiger partial charge in [0.1, 0.15) is 0 Å². The minimum atomic E-state index is -4.06. The Kier molecular flexibility index (Phi) is 4.15. The number of aromatic amines is 1. The number of nitrogens with one attached hydrogen (secondary N) is 1. The van der Waals surface area contributed by atoms with Crippen LogP contribution in [0.3, 0.4) is 0 Å². The second-order valence-electron chi connectivity index (χ2n) is 5.18. The van der Waals surface area contributed by atoms with Gasteiger partial charge in [0, 0.05) is 0 Å². The number of carbonyl (C=O) groups excluding carboxylic acids is 1. The van der Waals surface area contributed by atoms with Gasteiger partial charge in [0.2, 0.25) is 10.9 Å². The zero-order valence-corrected chi connectivity index (χ0v) is 13.7. The number of hydrogen-bond donors (Lipinski definition) is 2. The number of rotatable bonds is 4. The summed E-state index contributed by atoms with van der Waals surface area (Å²) in [4.78, 5) is 30.9. The van der Waals surface area contributed by atoms with E-state index in [-0.39, 0.29) is 17.1 Å². The minimum absolute atomic E-state index is 0.148. The predicted molar refractivity (Wildman–Crippen MR) is 86.3 cm³/mol. The average Bonchev–Trinajstić information content (AvgIpc) is 3.05. The van der Waals surface area contributed by atoms with E-state index < -0.39 is 27.2 Å². The summed E-state index contributed by atoms with van der Waals surface area (Å²) in [6, 6.07) is 8.90. The molecule has 3 rings (SSSR count). The van der Waals surface area contributed by atoms with Crippen LogP contribution in [0.25, 0.3) is 10.9 Å². The van der Waals surface area contributed by atoms with E-state index in [9.17, 15) is 18.0 Å². The van der Waals surface area contributed by atoms with Crippen LogP contribution in [0.2, 0.25) is 0 Å². The number of aromatic nitrogens is 2. The number of esters is 1. The summed E-state index contributed by atoms with van der Waals surface area (Å²) in [5.41, 5.74) is 0.0941. The lowest BCUT2D eigenvalue weighted by atomic mass is 10.2.